The lowest BCUT2D eigenvalue weighted by molar-refractivity contribution is -0.122. The number of anilines is 1. The first-order chi connectivity index (χ1) is 16.8. The molecule has 1 fully saturated rings. The highest BCUT2D eigenvalue weighted by Gasteiger charge is 2.36. The molecule has 0 aliphatic carbocycles. The number of benzene rings is 3. The van der Waals surface area contributed by atoms with Gasteiger partial charge in [-0.2, -0.15) is 0 Å². The summed E-state index contributed by atoms with van der Waals surface area (Å²) in [5.74, 6) is -0.730. The number of hydrogen-bond acceptors (Lipinski definition) is 4. The Morgan fingerprint density at radius 3 is 2.20 bits per heavy atom. The Hall–Kier alpha value is -4.19. The molecule has 4 rings (SSSR count). The van der Waals surface area contributed by atoms with E-state index in [9.17, 15) is 14.4 Å². The van der Waals surface area contributed by atoms with Crippen molar-refractivity contribution in [3.05, 3.63) is 99.6 Å². The van der Waals surface area contributed by atoms with Crippen molar-refractivity contribution in [2.75, 3.05) is 12.0 Å². The Kier molecular flexibility index (Phi) is 6.82. The SMILES string of the molecule is CCc1ccc(N2C(=O)NC(=O)/C(=C\c3ccc(Cc4cc(C)cc(C)c4)c(OC)c3)C2=O)cc1. The van der Waals surface area contributed by atoms with Crippen molar-refractivity contribution in [3.8, 4) is 5.75 Å². The molecule has 0 radical (unpaired) electrons. The molecule has 1 N–H and O–H groups in total. The van der Waals surface area contributed by atoms with Crippen LogP contribution in [-0.4, -0.2) is 25.0 Å². The minimum Gasteiger partial charge on any atom is -0.496 e. The molecular formula is C29H28N2O4. The largest absolute Gasteiger partial charge is 0.496 e. The molecule has 0 bridgehead atoms. The predicted octanol–water partition coefficient (Wildman–Crippen LogP) is 5.13. The van der Waals surface area contributed by atoms with Gasteiger partial charge in [-0.15, -0.1) is 0 Å². The average molecular weight is 469 g/mol. The van der Waals surface area contributed by atoms with Crippen molar-refractivity contribution in [1.82, 2.24) is 5.32 Å². The Labute approximate surface area is 205 Å². The molecule has 0 spiro atoms. The fourth-order valence-corrected chi connectivity index (χ4v) is 4.33. The summed E-state index contributed by atoms with van der Waals surface area (Å²) in [7, 11) is 1.59. The number of ether oxygens (including phenoxy) is 1. The zero-order chi connectivity index (χ0) is 25.1. The fraction of sp³-hybridized carbons (Fsp3) is 0.207. The van der Waals surface area contributed by atoms with Gasteiger partial charge in [-0.1, -0.05) is 60.5 Å². The first kappa shape index (κ1) is 24.0. The average Bonchev–Trinajstić information content (AvgIpc) is 2.82. The molecule has 3 aromatic rings. The Morgan fingerprint density at radius 1 is 0.886 bits per heavy atom. The van der Waals surface area contributed by atoms with Crippen LogP contribution in [0.1, 0.15) is 40.3 Å². The van der Waals surface area contributed by atoms with E-state index in [4.69, 9.17) is 4.74 Å². The van der Waals surface area contributed by atoms with Gasteiger partial charge in [0.1, 0.15) is 11.3 Å². The number of barbiturate groups is 1. The molecule has 1 saturated heterocycles. The predicted molar refractivity (Wildman–Crippen MR) is 137 cm³/mol. The van der Waals surface area contributed by atoms with E-state index in [2.05, 4.69) is 37.4 Å². The molecule has 3 aromatic carbocycles. The molecule has 4 amide bonds. The highest BCUT2D eigenvalue weighted by molar-refractivity contribution is 6.39. The first-order valence-corrected chi connectivity index (χ1v) is 11.5. The summed E-state index contributed by atoms with van der Waals surface area (Å²) in [4.78, 5) is 39.2. The van der Waals surface area contributed by atoms with E-state index in [1.165, 1.54) is 22.8 Å². The summed E-state index contributed by atoms with van der Waals surface area (Å²) < 4.78 is 5.61. The molecule has 0 aromatic heterocycles. The van der Waals surface area contributed by atoms with E-state index in [1.54, 1.807) is 25.3 Å². The van der Waals surface area contributed by atoms with E-state index in [-0.39, 0.29) is 5.57 Å². The number of rotatable bonds is 6. The molecule has 35 heavy (non-hydrogen) atoms. The molecule has 178 valence electrons. The van der Waals surface area contributed by atoms with Crippen LogP contribution in [0.5, 0.6) is 5.75 Å². The highest BCUT2D eigenvalue weighted by atomic mass is 16.5. The van der Waals surface area contributed by atoms with E-state index in [1.807, 2.05) is 31.2 Å². The summed E-state index contributed by atoms with van der Waals surface area (Å²) in [5, 5.41) is 2.27. The molecule has 6 heteroatoms. The minimum absolute atomic E-state index is 0.117. The normalized spacial score (nSPS) is 14.9. The Balaban J connectivity index is 1.64. The number of nitrogens with zero attached hydrogens (tertiary/aromatic N) is 1. The van der Waals surface area contributed by atoms with Gasteiger partial charge >= 0.3 is 6.03 Å². The number of imide groups is 2. The monoisotopic (exact) mass is 468 g/mol. The van der Waals surface area contributed by atoms with E-state index >= 15 is 0 Å². The van der Waals surface area contributed by atoms with Gasteiger partial charge in [-0.25, -0.2) is 9.69 Å². The van der Waals surface area contributed by atoms with Crippen LogP contribution in [0.25, 0.3) is 6.08 Å². The minimum atomic E-state index is -0.761. The van der Waals surface area contributed by atoms with Crippen LogP contribution in [0, 0.1) is 13.8 Å². The molecule has 0 saturated carbocycles. The van der Waals surface area contributed by atoms with Gasteiger partial charge in [0.2, 0.25) is 0 Å². The van der Waals surface area contributed by atoms with Gasteiger partial charge in [0.05, 0.1) is 12.8 Å². The van der Waals surface area contributed by atoms with Crippen molar-refractivity contribution < 1.29 is 19.1 Å². The maximum absolute atomic E-state index is 13.2. The Morgan fingerprint density at radius 2 is 1.57 bits per heavy atom. The number of carbonyl (C=O) groups excluding carboxylic acids is 3. The summed E-state index contributed by atoms with van der Waals surface area (Å²) in [6, 6.07) is 18.3. The zero-order valence-corrected chi connectivity index (χ0v) is 20.3. The summed E-state index contributed by atoms with van der Waals surface area (Å²) in [6.07, 6.45) is 3.02. The summed E-state index contributed by atoms with van der Waals surface area (Å²) in [6.45, 7) is 6.16. The van der Waals surface area contributed by atoms with Gasteiger partial charge < -0.3 is 4.74 Å². The number of nitrogens with one attached hydrogen (secondary N) is 1. The van der Waals surface area contributed by atoms with E-state index in [0.717, 1.165) is 22.4 Å². The van der Waals surface area contributed by atoms with Crippen LogP contribution in [-0.2, 0) is 22.4 Å². The second-order valence-corrected chi connectivity index (χ2v) is 8.72. The number of amides is 4. The number of carbonyl (C=O) groups is 3. The zero-order valence-electron chi connectivity index (χ0n) is 20.3. The fourth-order valence-electron chi connectivity index (χ4n) is 4.33. The van der Waals surface area contributed by atoms with Gasteiger partial charge in [0.25, 0.3) is 11.8 Å². The van der Waals surface area contributed by atoms with E-state index in [0.29, 0.717) is 23.4 Å². The molecule has 1 aliphatic heterocycles. The lowest BCUT2D eigenvalue weighted by Crippen LogP contribution is -2.54. The molecule has 6 nitrogen and oxygen atoms in total. The molecule has 1 heterocycles. The number of urea groups is 1. The molecule has 1 aliphatic rings. The van der Waals surface area contributed by atoms with Gasteiger partial charge in [0, 0.05) is 6.42 Å². The van der Waals surface area contributed by atoms with Crippen LogP contribution in [0.3, 0.4) is 0 Å². The third-order valence-corrected chi connectivity index (χ3v) is 6.00. The highest BCUT2D eigenvalue weighted by Crippen LogP contribution is 2.27. The number of hydrogen-bond donors (Lipinski definition) is 1. The van der Waals surface area contributed by atoms with Crippen molar-refractivity contribution in [2.24, 2.45) is 0 Å². The van der Waals surface area contributed by atoms with Crippen molar-refractivity contribution >= 4 is 29.6 Å². The second-order valence-electron chi connectivity index (χ2n) is 8.72. The van der Waals surface area contributed by atoms with Crippen LogP contribution in [0.4, 0.5) is 10.5 Å². The van der Waals surface area contributed by atoms with Crippen LogP contribution in [0.2, 0.25) is 0 Å². The second kappa shape index (κ2) is 9.97. The van der Waals surface area contributed by atoms with Crippen LogP contribution < -0.4 is 15.0 Å². The summed E-state index contributed by atoms with van der Waals surface area (Å²) >= 11 is 0. The maximum atomic E-state index is 13.2. The lowest BCUT2D eigenvalue weighted by atomic mass is 9.98. The molecule has 0 unspecified atom stereocenters. The van der Waals surface area contributed by atoms with Crippen LogP contribution >= 0.6 is 0 Å². The quantitative estimate of drug-likeness (QED) is 0.402. The third kappa shape index (κ3) is 5.17. The number of methoxy groups -OCH3 is 1. The summed E-state index contributed by atoms with van der Waals surface area (Å²) in [5.41, 5.74) is 6.57. The lowest BCUT2D eigenvalue weighted by Gasteiger charge is -2.26. The maximum Gasteiger partial charge on any atom is 0.335 e. The Bertz CT molecular complexity index is 1320. The van der Waals surface area contributed by atoms with Gasteiger partial charge in [-0.3, -0.25) is 14.9 Å². The third-order valence-electron chi connectivity index (χ3n) is 6.00. The van der Waals surface area contributed by atoms with Crippen molar-refractivity contribution in [1.29, 1.82) is 0 Å². The molecule has 0 atom stereocenters. The van der Waals surface area contributed by atoms with Crippen molar-refractivity contribution in [2.45, 2.75) is 33.6 Å². The first-order valence-electron chi connectivity index (χ1n) is 11.5. The van der Waals surface area contributed by atoms with Crippen LogP contribution in [0.15, 0.2) is 66.2 Å². The van der Waals surface area contributed by atoms with Gasteiger partial charge in [0.15, 0.2) is 0 Å². The topological polar surface area (TPSA) is 75.7 Å². The smallest absolute Gasteiger partial charge is 0.335 e. The number of aryl methyl sites for hydroxylation is 3. The van der Waals surface area contributed by atoms with Gasteiger partial charge in [-0.05, 0) is 66.8 Å². The molecular weight excluding hydrogens is 440 g/mol. The van der Waals surface area contributed by atoms with E-state index < -0.39 is 17.8 Å². The standard InChI is InChI=1S/C29H28N2O4/c1-5-20-7-10-24(11-8-20)31-28(33)25(27(32)30-29(31)34)16-21-6-9-23(26(17-21)35-4)15-22-13-18(2)12-19(3)14-22/h6-14,16-17H,5,15H2,1-4H3,(H,30,32,34)/b25-16+. The van der Waals surface area contributed by atoms with Crippen molar-refractivity contribution in [3.63, 3.8) is 0 Å².